The summed E-state index contributed by atoms with van der Waals surface area (Å²) in [4.78, 5) is 10.7. The number of phenolic OH excluding ortho intramolecular Hbond substituents is 1. The Morgan fingerprint density at radius 1 is 0.581 bits per heavy atom. The second kappa shape index (κ2) is 15.3. The Balaban J connectivity index is 0.00000529. The van der Waals surface area contributed by atoms with E-state index in [1.807, 2.05) is 6.20 Å². The van der Waals surface area contributed by atoms with Gasteiger partial charge in [0.15, 0.2) is 0 Å². The van der Waals surface area contributed by atoms with Crippen LogP contribution in [0, 0.1) is 6.07 Å². The van der Waals surface area contributed by atoms with Gasteiger partial charge in [-0.3, -0.25) is 9.55 Å². The average Bonchev–Trinajstić information content (AvgIpc) is 3.72. The second-order valence-corrected chi connectivity index (χ2v) is 20.4. The first-order valence-electron chi connectivity index (χ1n) is 21.6. The number of aromatic hydroxyl groups is 1. The molecule has 8 aromatic rings. The zero-order valence-electron chi connectivity index (χ0n) is 37.8. The molecule has 0 radical (unpaired) electrons. The second-order valence-electron chi connectivity index (χ2n) is 20.4. The van der Waals surface area contributed by atoms with Crippen molar-refractivity contribution >= 4 is 11.0 Å². The van der Waals surface area contributed by atoms with Crippen molar-refractivity contribution in [1.82, 2.24) is 14.5 Å². The van der Waals surface area contributed by atoms with Crippen LogP contribution in [0.3, 0.4) is 0 Å². The van der Waals surface area contributed by atoms with Gasteiger partial charge in [-0.05, 0) is 85.5 Å². The van der Waals surface area contributed by atoms with Crippen molar-refractivity contribution in [3.63, 3.8) is 0 Å². The Morgan fingerprint density at radius 2 is 1.23 bits per heavy atom. The molecule has 0 spiro atoms. The SMILES string of the molecule is CC(C)(C)c1ccc(-n2c(-c3cc(C(C)(C)C)cc(C(C)(C)C)c3O)nc3c(-c4[c-]c(-c5nccc6c5C(C)(C)c5ccccc5-6)ccc4)cccc32)c(-c2ccccc2)c1.[Pt]. The molecule has 0 atom stereocenters. The molecular formula is C57H56N3OPt-. The molecule has 0 saturated carbocycles. The van der Waals surface area contributed by atoms with E-state index >= 15 is 0 Å². The summed E-state index contributed by atoms with van der Waals surface area (Å²) >= 11 is 0. The molecule has 316 valence electrons. The minimum Gasteiger partial charge on any atom is -0.507 e. The van der Waals surface area contributed by atoms with Crippen LogP contribution in [-0.2, 0) is 42.7 Å². The first kappa shape index (κ1) is 43.1. The molecule has 0 fully saturated rings. The van der Waals surface area contributed by atoms with Crippen LogP contribution < -0.4 is 0 Å². The molecular weight excluding hydrogens is 938 g/mol. The van der Waals surface area contributed by atoms with Gasteiger partial charge in [0.2, 0.25) is 0 Å². The number of benzene rings is 6. The normalized spacial score (nSPS) is 13.5. The topological polar surface area (TPSA) is 50.9 Å². The number of aromatic nitrogens is 3. The Kier molecular flexibility index (Phi) is 10.7. The summed E-state index contributed by atoms with van der Waals surface area (Å²) in [6.07, 6.45) is 1.93. The fraction of sp³-hybridized carbons (Fsp3) is 0.263. The van der Waals surface area contributed by atoms with Gasteiger partial charge < -0.3 is 5.11 Å². The predicted octanol–water partition coefficient (Wildman–Crippen LogP) is 14.8. The van der Waals surface area contributed by atoms with Crippen LogP contribution in [-0.4, -0.2) is 19.6 Å². The maximum atomic E-state index is 12.5. The zero-order valence-corrected chi connectivity index (χ0v) is 40.1. The van der Waals surface area contributed by atoms with Crippen molar-refractivity contribution in [2.24, 2.45) is 0 Å². The van der Waals surface area contributed by atoms with Crippen LogP contribution in [0.4, 0.5) is 0 Å². The number of hydrogen-bond acceptors (Lipinski definition) is 3. The van der Waals surface area contributed by atoms with E-state index in [4.69, 9.17) is 9.97 Å². The van der Waals surface area contributed by atoms with Crippen LogP contribution in [0.5, 0.6) is 5.75 Å². The molecule has 0 unspecified atom stereocenters. The molecule has 0 amide bonds. The molecule has 9 rings (SSSR count). The number of pyridine rings is 1. The molecule has 1 aliphatic rings. The molecule has 0 bridgehead atoms. The van der Waals surface area contributed by atoms with Crippen LogP contribution in [0.15, 0.2) is 134 Å². The van der Waals surface area contributed by atoms with E-state index in [2.05, 4.69) is 214 Å². The Morgan fingerprint density at radius 3 is 1.94 bits per heavy atom. The smallest absolute Gasteiger partial charge is 0.148 e. The quantitative estimate of drug-likeness (QED) is 0.175. The van der Waals surface area contributed by atoms with Crippen molar-refractivity contribution in [1.29, 1.82) is 0 Å². The van der Waals surface area contributed by atoms with Gasteiger partial charge in [-0.15, -0.1) is 29.8 Å². The monoisotopic (exact) mass is 993 g/mol. The van der Waals surface area contributed by atoms with E-state index < -0.39 is 0 Å². The van der Waals surface area contributed by atoms with Crippen molar-refractivity contribution in [2.45, 2.75) is 97.8 Å². The fourth-order valence-electron chi connectivity index (χ4n) is 9.28. The number of rotatable bonds is 5. The Hall–Kier alpha value is -5.57. The van der Waals surface area contributed by atoms with E-state index in [9.17, 15) is 5.11 Å². The van der Waals surface area contributed by atoms with Crippen LogP contribution in [0.1, 0.15) is 104 Å². The molecule has 0 saturated heterocycles. The first-order chi connectivity index (χ1) is 28.8. The predicted molar refractivity (Wildman–Crippen MR) is 255 cm³/mol. The van der Waals surface area contributed by atoms with Gasteiger partial charge in [-0.2, -0.15) is 0 Å². The molecule has 0 aliphatic heterocycles. The average molecular weight is 994 g/mol. The van der Waals surface area contributed by atoms with Crippen molar-refractivity contribution in [3.8, 4) is 67.5 Å². The maximum Gasteiger partial charge on any atom is 0.148 e. The number of hydrogen-bond donors (Lipinski definition) is 1. The third-order valence-corrected chi connectivity index (χ3v) is 12.7. The number of para-hydroxylation sites is 1. The minimum atomic E-state index is -0.317. The number of phenols is 1. The van der Waals surface area contributed by atoms with Gasteiger partial charge in [-0.25, -0.2) is 4.98 Å². The van der Waals surface area contributed by atoms with Gasteiger partial charge in [0.05, 0.1) is 22.3 Å². The molecule has 2 aromatic heterocycles. The summed E-state index contributed by atoms with van der Waals surface area (Å²) in [6, 6.07) is 49.3. The maximum absolute atomic E-state index is 12.5. The molecule has 2 heterocycles. The first-order valence-corrected chi connectivity index (χ1v) is 21.6. The van der Waals surface area contributed by atoms with Crippen LogP contribution >= 0.6 is 0 Å². The molecule has 6 aromatic carbocycles. The van der Waals surface area contributed by atoms with Gasteiger partial charge in [0.1, 0.15) is 11.6 Å². The summed E-state index contributed by atoms with van der Waals surface area (Å²) in [5, 5.41) is 12.5. The third kappa shape index (κ3) is 7.25. The number of fused-ring (bicyclic) bond motifs is 4. The van der Waals surface area contributed by atoms with Crippen molar-refractivity contribution in [2.75, 3.05) is 0 Å². The van der Waals surface area contributed by atoms with Gasteiger partial charge in [0.25, 0.3) is 0 Å². The molecule has 4 nitrogen and oxygen atoms in total. The van der Waals surface area contributed by atoms with Crippen LogP contribution in [0.2, 0.25) is 0 Å². The molecule has 62 heavy (non-hydrogen) atoms. The van der Waals surface area contributed by atoms with E-state index in [-0.39, 0.29) is 48.5 Å². The standard InChI is InChI=1S/C57H56N3O.Pt/c1-54(2,3)38-27-28-47(43(32-38)35-19-13-12-14-20-35)60-48-26-18-24-40(51(48)59-53(60)44-33-39(55(4,5)6)34-46(52(44)61)56(7,8)9)36-21-17-22-37(31-36)50-49-42(29-30-58-50)41-23-15-16-25-45(41)57(49,10)11;/h12-30,32-34,61H,1-11H3;/q-1;. The number of imidazole rings is 1. The van der Waals surface area contributed by atoms with Gasteiger partial charge >= 0.3 is 0 Å². The van der Waals surface area contributed by atoms with Crippen molar-refractivity contribution < 1.29 is 26.2 Å². The summed E-state index contributed by atoms with van der Waals surface area (Å²) in [6.45, 7) is 24.6. The minimum absolute atomic E-state index is 0. The van der Waals surface area contributed by atoms with E-state index in [0.717, 1.165) is 61.4 Å². The molecule has 5 heteroatoms. The number of nitrogens with zero attached hydrogens (tertiary/aromatic N) is 3. The largest absolute Gasteiger partial charge is 0.507 e. The molecule has 1 aliphatic carbocycles. The van der Waals surface area contributed by atoms with E-state index in [1.54, 1.807) is 0 Å². The van der Waals surface area contributed by atoms with Gasteiger partial charge in [-0.1, -0.05) is 166 Å². The van der Waals surface area contributed by atoms with Crippen LogP contribution in [0.25, 0.3) is 72.7 Å². The summed E-state index contributed by atoms with van der Waals surface area (Å²) in [7, 11) is 0. The van der Waals surface area contributed by atoms with E-state index in [1.165, 1.54) is 27.8 Å². The summed E-state index contributed by atoms with van der Waals surface area (Å²) in [5.74, 6) is 0.947. The third-order valence-electron chi connectivity index (χ3n) is 12.7. The summed E-state index contributed by atoms with van der Waals surface area (Å²) < 4.78 is 2.27. The fourth-order valence-corrected chi connectivity index (χ4v) is 9.28. The zero-order chi connectivity index (χ0) is 43.2. The Labute approximate surface area is 382 Å². The summed E-state index contributed by atoms with van der Waals surface area (Å²) in [5.41, 5.74) is 17.0. The van der Waals surface area contributed by atoms with Crippen molar-refractivity contribution in [3.05, 3.63) is 167 Å². The van der Waals surface area contributed by atoms with Gasteiger partial charge in [0, 0.05) is 49.5 Å². The molecule has 1 N–H and O–H groups in total. The Bertz CT molecular complexity index is 3010. The van der Waals surface area contributed by atoms with E-state index in [0.29, 0.717) is 11.4 Å².